The van der Waals surface area contributed by atoms with Crippen LogP contribution in [0.1, 0.15) is 42.6 Å². The van der Waals surface area contributed by atoms with Gasteiger partial charge in [-0.25, -0.2) is 0 Å². The Bertz CT molecular complexity index is 539. The fraction of sp³-hybridized carbons (Fsp3) is 0.429. The molecular weight excluding hydrogens is 287 g/mol. The van der Waals surface area contributed by atoms with E-state index in [1.165, 1.54) is 6.07 Å². The van der Waals surface area contributed by atoms with Crippen molar-refractivity contribution in [3.8, 4) is 0 Å². The number of benzene rings is 1. The number of carbonyl (C=O) groups is 2. The number of alkyl halides is 3. The molecule has 1 aromatic carbocycles. The SMILES string of the molecule is CC(C)(CCC(=O)O)NC(=O)c1cccc(C(F)(F)F)c1. The zero-order valence-electron chi connectivity index (χ0n) is 11.6. The normalized spacial score (nSPS) is 12.0. The van der Waals surface area contributed by atoms with Crippen LogP contribution in [-0.4, -0.2) is 22.5 Å². The molecule has 1 aromatic rings. The maximum absolute atomic E-state index is 12.6. The number of hydrogen-bond donors (Lipinski definition) is 2. The molecule has 0 saturated carbocycles. The van der Waals surface area contributed by atoms with Gasteiger partial charge in [0.1, 0.15) is 0 Å². The number of hydrogen-bond acceptors (Lipinski definition) is 2. The number of carboxylic acids is 1. The van der Waals surface area contributed by atoms with Crippen molar-refractivity contribution >= 4 is 11.9 Å². The molecule has 2 N–H and O–H groups in total. The first-order valence-corrected chi connectivity index (χ1v) is 6.23. The van der Waals surface area contributed by atoms with Crippen LogP contribution in [0.3, 0.4) is 0 Å². The number of amides is 1. The average molecular weight is 303 g/mol. The zero-order valence-corrected chi connectivity index (χ0v) is 11.6. The van der Waals surface area contributed by atoms with Crippen LogP contribution >= 0.6 is 0 Å². The minimum atomic E-state index is -4.52. The minimum absolute atomic E-state index is 0.117. The maximum Gasteiger partial charge on any atom is 0.416 e. The van der Waals surface area contributed by atoms with E-state index >= 15 is 0 Å². The Labute approximate surface area is 120 Å². The van der Waals surface area contributed by atoms with Crippen LogP contribution in [0.5, 0.6) is 0 Å². The standard InChI is InChI=1S/C14H16F3NO3/c1-13(2,7-6-11(19)20)18-12(21)9-4-3-5-10(8-9)14(15,16)17/h3-5,8H,6-7H2,1-2H3,(H,18,21)(H,19,20). The van der Waals surface area contributed by atoms with E-state index in [9.17, 15) is 22.8 Å². The molecule has 0 fully saturated rings. The molecule has 4 nitrogen and oxygen atoms in total. The lowest BCUT2D eigenvalue weighted by molar-refractivity contribution is -0.138. The van der Waals surface area contributed by atoms with Gasteiger partial charge in [-0.15, -0.1) is 0 Å². The molecular formula is C14H16F3NO3. The Balaban J connectivity index is 2.82. The predicted octanol–water partition coefficient (Wildman–Crippen LogP) is 3.08. The fourth-order valence-corrected chi connectivity index (χ4v) is 1.70. The fourth-order valence-electron chi connectivity index (χ4n) is 1.70. The summed E-state index contributed by atoms with van der Waals surface area (Å²) in [6, 6.07) is 4.08. The third-order valence-corrected chi connectivity index (χ3v) is 2.87. The summed E-state index contributed by atoms with van der Waals surface area (Å²) < 4.78 is 37.7. The van der Waals surface area contributed by atoms with E-state index in [4.69, 9.17) is 5.11 Å². The highest BCUT2D eigenvalue weighted by atomic mass is 19.4. The van der Waals surface area contributed by atoms with Gasteiger partial charge in [-0.3, -0.25) is 9.59 Å². The molecule has 1 amide bonds. The first-order chi connectivity index (χ1) is 9.51. The van der Waals surface area contributed by atoms with Gasteiger partial charge in [0, 0.05) is 17.5 Å². The molecule has 0 bridgehead atoms. The van der Waals surface area contributed by atoms with E-state index in [0.29, 0.717) is 0 Å². The molecule has 0 heterocycles. The molecule has 0 unspecified atom stereocenters. The highest BCUT2D eigenvalue weighted by Gasteiger charge is 2.31. The summed E-state index contributed by atoms with van der Waals surface area (Å²) in [5.41, 5.74) is -1.85. The van der Waals surface area contributed by atoms with Crippen LogP contribution < -0.4 is 5.32 Å². The number of nitrogens with one attached hydrogen (secondary N) is 1. The molecule has 0 atom stereocenters. The van der Waals surface area contributed by atoms with Gasteiger partial charge in [0.25, 0.3) is 5.91 Å². The summed E-state index contributed by atoms with van der Waals surface area (Å²) in [6.07, 6.45) is -4.49. The Morgan fingerprint density at radius 3 is 2.38 bits per heavy atom. The van der Waals surface area contributed by atoms with Crippen LogP contribution in [0, 0.1) is 0 Å². The molecule has 116 valence electrons. The average Bonchev–Trinajstić information content (AvgIpc) is 2.35. The quantitative estimate of drug-likeness (QED) is 0.878. The van der Waals surface area contributed by atoms with Crippen molar-refractivity contribution in [1.29, 1.82) is 0 Å². The van der Waals surface area contributed by atoms with Crippen LogP contribution in [0.2, 0.25) is 0 Å². The second kappa shape index (κ2) is 6.15. The Morgan fingerprint density at radius 2 is 1.86 bits per heavy atom. The zero-order chi connectivity index (χ0) is 16.3. The molecule has 0 radical (unpaired) electrons. The van der Waals surface area contributed by atoms with Crippen molar-refractivity contribution in [3.05, 3.63) is 35.4 Å². The third-order valence-electron chi connectivity index (χ3n) is 2.87. The van der Waals surface area contributed by atoms with Gasteiger partial charge in [-0.1, -0.05) is 6.07 Å². The maximum atomic E-state index is 12.6. The van der Waals surface area contributed by atoms with Crippen molar-refractivity contribution in [2.45, 2.75) is 38.4 Å². The number of halogens is 3. The molecule has 0 aliphatic rings. The molecule has 0 aliphatic carbocycles. The van der Waals surface area contributed by atoms with Crippen LogP contribution in [0.25, 0.3) is 0 Å². The van der Waals surface area contributed by atoms with E-state index < -0.39 is 29.2 Å². The topological polar surface area (TPSA) is 66.4 Å². The Morgan fingerprint density at radius 1 is 1.24 bits per heavy atom. The van der Waals surface area contributed by atoms with Gasteiger partial charge in [0.05, 0.1) is 5.56 Å². The van der Waals surface area contributed by atoms with E-state index in [0.717, 1.165) is 18.2 Å². The molecule has 0 saturated heterocycles. The largest absolute Gasteiger partial charge is 0.481 e. The van der Waals surface area contributed by atoms with E-state index in [1.807, 2.05) is 0 Å². The second-order valence-corrected chi connectivity index (χ2v) is 5.31. The minimum Gasteiger partial charge on any atom is -0.481 e. The number of rotatable bonds is 5. The molecule has 21 heavy (non-hydrogen) atoms. The highest BCUT2D eigenvalue weighted by molar-refractivity contribution is 5.94. The summed E-state index contributed by atoms with van der Waals surface area (Å²) in [4.78, 5) is 22.5. The molecule has 0 spiro atoms. The second-order valence-electron chi connectivity index (χ2n) is 5.31. The van der Waals surface area contributed by atoms with Gasteiger partial charge >= 0.3 is 12.1 Å². The van der Waals surface area contributed by atoms with Crippen molar-refractivity contribution in [1.82, 2.24) is 5.32 Å². The number of carboxylic acid groups (broad SMARTS) is 1. The molecule has 0 aliphatic heterocycles. The summed E-state index contributed by atoms with van der Waals surface area (Å²) in [7, 11) is 0. The van der Waals surface area contributed by atoms with Crippen molar-refractivity contribution in [3.63, 3.8) is 0 Å². The van der Waals surface area contributed by atoms with E-state index in [2.05, 4.69) is 5.32 Å². The van der Waals surface area contributed by atoms with Crippen molar-refractivity contribution in [2.24, 2.45) is 0 Å². The van der Waals surface area contributed by atoms with Gasteiger partial charge in [0.2, 0.25) is 0 Å². The van der Waals surface area contributed by atoms with Gasteiger partial charge in [-0.2, -0.15) is 13.2 Å². The van der Waals surface area contributed by atoms with Gasteiger partial charge < -0.3 is 10.4 Å². The van der Waals surface area contributed by atoms with Crippen LogP contribution in [-0.2, 0) is 11.0 Å². The van der Waals surface area contributed by atoms with Gasteiger partial charge in [-0.05, 0) is 38.5 Å². The highest BCUT2D eigenvalue weighted by Crippen LogP contribution is 2.29. The number of aliphatic carboxylic acids is 1. The Hall–Kier alpha value is -2.05. The lowest BCUT2D eigenvalue weighted by Gasteiger charge is -2.25. The Kier molecular flexibility index (Phi) is 4.98. The van der Waals surface area contributed by atoms with E-state index in [-0.39, 0.29) is 18.4 Å². The number of carbonyl (C=O) groups excluding carboxylic acids is 1. The smallest absolute Gasteiger partial charge is 0.416 e. The predicted molar refractivity (Wildman–Crippen MR) is 69.9 cm³/mol. The van der Waals surface area contributed by atoms with Crippen molar-refractivity contribution < 1.29 is 27.9 Å². The monoisotopic (exact) mass is 303 g/mol. The molecule has 1 rings (SSSR count). The summed E-state index contributed by atoms with van der Waals surface area (Å²) in [6.45, 7) is 3.23. The van der Waals surface area contributed by atoms with E-state index in [1.54, 1.807) is 13.8 Å². The molecule has 7 heteroatoms. The summed E-state index contributed by atoms with van der Waals surface area (Å²) in [5.74, 6) is -1.67. The first kappa shape index (κ1) is 17.0. The lowest BCUT2D eigenvalue weighted by atomic mass is 9.97. The van der Waals surface area contributed by atoms with Crippen molar-refractivity contribution in [2.75, 3.05) is 0 Å². The third kappa shape index (κ3) is 5.45. The van der Waals surface area contributed by atoms with Crippen LogP contribution in [0.4, 0.5) is 13.2 Å². The summed E-state index contributed by atoms with van der Waals surface area (Å²) in [5, 5.41) is 11.2. The van der Waals surface area contributed by atoms with Crippen LogP contribution in [0.15, 0.2) is 24.3 Å². The first-order valence-electron chi connectivity index (χ1n) is 6.23. The molecule has 0 aromatic heterocycles. The lowest BCUT2D eigenvalue weighted by Crippen LogP contribution is -2.43. The summed E-state index contributed by atoms with van der Waals surface area (Å²) >= 11 is 0. The van der Waals surface area contributed by atoms with Gasteiger partial charge in [0.15, 0.2) is 0 Å².